The van der Waals surface area contributed by atoms with Gasteiger partial charge < -0.3 is 9.13 Å². The highest BCUT2D eigenvalue weighted by molar-refractivity contribution is 5.55. The maximum absolute atomic E-state index is 4.40. The van der Waals surface area contributed by atoms with Crippen molar-refractivity contribution in [1.29, 1.82) is 0 Å². The summed E-state index contributed by atoms with van der Waals surface area (Å²) in [6.07, 6.45) is 2.09. The molecule has 5 nitrogen and oxygen atoms in total. The normalized spacial score (nSPS) is 15.0. The van der Waals surface area contributed by atoms with E-state index in [4.69, 9.17) is 0 Å². The van der Waals surface area contributed by atoms with E-state index < -0.39 is 0 Å². The third kappa shape index (κ3) is 2.33. The van der Waals surface area contributed by atoms with Crippen LogP contribution in [0.3, 0.4) is 0 Å². The number of hydrogen-bond donors (Lipinski definition) is 0. The Labute approximate surface area is 129 Å². The predicted octanol–water partition coefficient (Wildman–Crippen LogP) is 2.30. The lowest BCUT2D eigenvalue weighted by Crippen LogP contribution is -2.34. The average molecular weight is 293 g/mol. The molecule has 0 saturated heterocycles. The fourth-order valence-electron chi connectivity index (χ4n) is 3.03. The number of hydrogen-bond acceptors (Lipinski definition) is 3. The molecule has 112 valence electrons. The van der Waals surface area contributed by atoms with Gasteiger partial charge in [-0.25, -0.2) is 0 Å². The van der Waals surface area contributed by atoms with Gasteiger partial charge in [0.2, 0.25) is 0 Å². The second kappa shape index (κ2) is 5.42. The number of fused-ring (bicyclic) bond motifs is 1. The predicted molar refractivity (Wildman–Crippen MR) is 85.0 cm³/mol. The summed E-state index contributed by atoms with van der Waals surface area (Å²) in [7, 11) is 2.09. The number of aryl methyl sites for hydroxylation is 1. The van der Waals surface area contributed by atoms with Crippen LogP contribution in [0.25, 0.3) is 11.4 Å². The van der Waals surface area contributed by atoms with Crippen LogP contribution in [-0.2, 0) is 26.7 Å². The van der Waals surface area contributed by atoms with Gasteiger partial charge >= 0.3 is 0 Å². The molecule has 22 heavy (non-hydrogen) atoms. The zero-order valence-electron chi connectivity index (χ0n) is 12.7. The van der Waals surface area contributed by atoms with Crippen LogP contribution in [0.15, 0.2) is 48.7 Å². The van der Waals surface area contributed by atoms with Crippen molar-refractivity contribution in [1.82, 2.24) is 24.2 Å². The summed E-state index contributed by atoms with van der Waals surface area (Å²) >= 11 is 0. The molecule has 0 atom stereocenters. The van der Waals surface area contributed by atoms with Gasteiger partial charge in [-0.3, -0.25) is 4.90 Å². The SMILES string of the molecule is Cn1cccc1CN1CCn2c(nnc2-c2ccccc2)C1. The highest BCUT2D eigenvalue weighted by atomic mass is 15.3. The Bertz CT molecular complexity index is 771. The molecule has 0 spiro atoms. The van der Waals surface area contributed by atoms with E-state index in [0.29, 0.717) is 0 Å². The average Bonchev–Trinajstić information content (AvgIpc) is 3.15. The summed E-state index contributed by atoms with van der Waals surface area (Å²) in [5.41, 5.74) is 2.47. The zero-order valence-corrected chi connectivity index (χ0v) is 12.7. The van der Waals surface area contributed by atoms with Crippen molar-refractivity contribution in [2.45, 2.75) is 19.6 Å². The summed E-state index contributed by atoms with van der Waals surface area (Å²) in [5.74, 6) is 2.04. The molecule has 3 aromatic rings. The number of nitrogens with zero attached hydrogens (tertiary/aromatic N) is 5. The molecule has 4 rings (SSSR count). The molecule has 1 aliphatic heterocycles. The fourth-order valence-corrected chi connectivity index (χ4v) is 3.03. The first kappa shape index (κ1) is 13.3. The van der Waals surface area contributed by atoms with E-state index in [2.05, 4.69) is 61.7 Å². The van der Waals surface area contributed by atoms with Crippen molar-refractivity contribution in [3.8, 4) is 11.4 Å². The first-order valence-electron chi connectivity index (χ1n) is 7.61. The van der Waals surface area contributed by atoms with E-state index in [-0.39, 0.29) is 0 Å². The smallest absolute Gasteiger partial charge is 0.164 e. The molecule has 5 heteroatoms. The Kier molecular flexibility index (Phi) is 3.27. The summed E-state index contributed by atoms with van der Waals surface area (Å²) in [5, 5.41) is 8.80. The molecule has 2 aromatic heterocycles. The second-order valence-electron chi connectivity index (χ2n) is 5.78. The lowest BCUT2D eigenvalue weighted by molar-refractivity contribution is 0.205. The van der Waals surface area contributed by atoms with Crippen LogP contribution < -0.4 is 0 Å². The standard InChI is InChI=1S/C17H19N5/c1-20-9-5-8-15(20)12-21-10-11-22-16(13-21)18-19-17(22)14-6-3-2-4-7-14/h2-9H,10-13H2,1H3. The summed E-state index contributed by atoms with van der Waals surface area (Å²) in [6.45, 7) is 3.77. The molecule has 0 amide bonds. The minimum absolute atomic E-state index is 0.852. The number of rotatable bonds is 3. The molecule has 0 bridgehead atoms. The second-order valence-corrected chi connectivity index (χ2v) is 5.78. The first-order chi connectivity index (χ1) is 10.8. The van der Waals surface area contributed by atoms with Gasteiger partial charge in [0.15, 0.2) is 5.82 Å². The molecule has 0 aliphatic carbocycles. The van der Waals surface area contributed by atoms with Gasteiger partial charge in [-0.2, -0.15) is 0 Å². The molecule has 0 saturated carbocycles. The van der Waals surface area contributed by atoms with E-state index in [9.17, 15) is 0 Å². The molecule has 0 fully saturated rings. The van der Waals surface area contributed by atoms with E-state index in [1.54, 1.807) is 0 Å². The largest absolute Gasteiger partial charge is 0.353 e. The summed E-state index contributed by atoms with van der Waals surface area (Å²) in [6, 6.07) is 14.6. The molecular weight excluding hydrogens is 274 g/mol. The lowest BCUT2D eigenvalue weighted by Gasteiger charge is -2.27. The summed E-state index contributed by atoms with van der Waals surface area (Å²) < 4.78 is 4.42. The number of benzene rings is 1. The van der Waals surface area contributed by atoms with Crippen LogP contribution in [0.1, 0.15) is 11.5 Å². The van der Waals surface area contributed by atoms with Gasteiger partial charge in [0.1, 0.15) is 5.82 Å². The summed E-state index contributed by atoms with van der Waals surface area (Å²) in [4.78, 5) is 2.42. The van der Waals surface area contributed by atoms with Crippen molar-refractivity contribution in [2.24, 2.45) is 7.05 Å². The maximum Gasteiger partial charge on any atom is 0.164 e. The van der Waals surface area contributed by atoms with Crippen molar-refractivity contribution < 1.29 is 0 Å². The molecule has 1 aliphatic rings. The van der Waals surface area contributed by atoms with Crippen molar-refractivity contribution in [2.75, 3.05) is 6.54 Å². The lowest BCUT2D eigenvalue weighted by atomic mass is 10.2. The first-order valence-corrected chi connectivity index (χ1v) is 7.61. The monoisotopic (exact) mass is 293 g/mol. The van der Waals surface area contributed by atoms with Gasteiger partial charge in [-0.15, -0.1) is 10.2 Å². The Hall–Kier alpha value is -2.40. The van der Waals surface area contributed by atoms with Crippen LogP contribution >= 0.6 is 0 Å². The molecule has 3 heterocycles. The highest BCUT2D eigenvalue weighted by Gasteiger charge is 2.22. The fraction of sp³-hybridized carbons (Fsp3) is 0.294. The third-order valence-corrected chi connectivity index (χ3v) is 4.30. The molecule has 1 aromatic carbocycles. The van der Waals surface area contributed by atoms with Crippen LogP contribution in [0.5, 0.6) is 0 Å². The quantitative estimate of drug-likeness (QED) is 0.744. The van der Waals surface area contributed by atoms with Gasteiger partial charge in [0, 0.05) is 44.1 Å². The van der Waals surface area contributed by atoms with Crippen LogP contribution in [0, 0.1) is 0 Å². The molecular formula is C17H19N5. The number of aromatic nitrogens is 4. The Morgan fingerprint density at radius 3 is 2.64 bits per heavy atom. The van der Waals surface area contributed by atoms with Gasteiger partial charge in [0.05, 0.1) is 6.54 Å². The van der Waals surface area contributed by atoms with Crippen LogP contribution in [0.2, 0.25) is 0 Å². The van der Waals surface area contributed by atoms with Gasteiger partial charge in [0.25, 0.3) is 0 Å². The van der Waals surface area contributed by atoms with Gasteiger partial charge in [-0.05, 0) is 12.1 Å². The van der Waals surface area contributed by atoms with Crippen molar-refractivity contribution in [3.05, 3.63) is 60.2 Å². The Morgan fingerprint density at radius 1 is 1.00 bits per heavy atom. The molecule has 0 radical (unpaired) electrons. The van der Waals surface area contributed by atoms with E-state index in [1.807, 2.05) is 18.2 Å². The third-order valence-electron chi connectivity index (χ3n) is 4.30. The van der Waals surface area contributed by atoms with E-state index in [1.165, 1.54) is 5.69 Å². The van der Waals surface area contributed by atoms with Crippen LogP contribution in [-0.4, -0.2) is 30.8 Å². The highest BCUT2D eigenvalue weighted by Crippen LogP contribution is 2.22. The molecule has 0 N–H and O–H groups in total. The van der Waals surface area contributed by atoms with Gasteiger partial charge in [-0.1, -0.05) is 30.3 Å². The molecule has 0 unspecified atom stereocenters. The Morgan fingerprint density at radius 2 is 1.86 bits per heavy atom. The minimum atomic E-state index is 0.852. The van der Waals surface area contributed by atoms with E-state index in [0.717, 1.165) is 43.4 Å². The maximum atomic E-state index is 4.40. The minimum Gasteiger partial charge on any atom is -0.353 e. The topological polar surface area (TPSA) is 38.9 Å². The van der Waals surface area contributed by atoms with Crippen LogP contribution in [0.4, 0.5) is 0 Å². The van der Waals surface area contributed by atoms with E-state index >= 15 is 0 Å². The van der Waals surface area contributed by atoms with Crippen molar-refractivity contribution in [3.63, 3.8) is 0 Å². The zero-order chi connectivity index (χ0) is 14.9. The van der Waals surface area contributed by atoms with Crippen molar-refractivity contribution >= 4 is 0 Å². The Balaban J connectivity index is 1.56.